The molecule has 0 aliphatic heterocycles. The Morgan fingerprint density at radius 2 is 1.77 bits per heavy atom. The molecule has 1 rings (SSSR count). The van der Waals surface area contributed by atoms with Crippen LogP contribution in [0.25, 0.3) is 0 Å². The Bertz CT molecular complexity index is 296. The Kier molecular flexibility index (Phi) is 2.71. The molecular weight excluding hydrogens is 182 g/mol. The quantitative estimate of drug-likeness (QED) is 0.734. The number of aromatic nitrogens is 3. The lowest BCUT2D eigenvalue weighted by Gasteiger charge is -2.26. The first-order valence-electron chi connectivity index (χ1n) is 4.45. The summed E-state index contributed by atoms with van der Waals surface area (Å²) in [5.74, 6) is 2.41. The van der Waals surface area contributed by atoms with Gasteiger partial charge >= 0.3 is 0 Å². The van der Waals surface area contributed by atoms with E-state index in [4.69, 9.17) is 0 Å². The molecule has 1 heterocycles. The Labute approximate surface area is 82.0 Å². The van der Waals surface area contributed by atoms with E-state index in [1.54, 1.807) is 0 Å². The van der Waals surface area contributed by atoms with Crippen molar-refractivity contribution in [2.24, 2.45) is 0 Å². The number of hydrogen-bond donors (Lipinski definition) is 0. The van der Waals surface area contributed by atoms with Crippen LogP contribution in [0.4, 0.5) is 0 Å². The average molecular weight is 201 g/mol. The number of hydrogen-bond acceptors (Lipinski definition) is 2. The first-order chi connectivity index (χ1) is 5.82. The van der Waals surface area contributed by atoms with Crippen molar-refractivity contribution >= 4 is 10.2 Å². The van der Waals surface area contributed by atoms with Gasteiger partial charge in [-0.25, -0.2) is 9.07 Å². The Morgan fingerprint density at radius 1 is 1.23 bits per heavy atom. The van der Waals surface area contributed by atoms with Crippen LogP contribution >= 0.6 is 10.2 Å². The third-order valence-corrected chi connectivity index (χ3v) is 3.17. The van der Waals surface area contributed by atoms with Crippen molar-refractivity contribution in [2.75, 3.05) is 18.8 Å². The van der Waals surface area contributed by atoms with Gasteiger partial charge in [-0.1, -0.05) is 13.8 Å². The van der Waals surface area contributed by atoms with Crippen molar-refractivity contribution in [3.8, 4) is 0 Å². The molecule has 0 aromatic carbocycles. The maximum atomic E-state index is 4.52. The van der Waals surface area contributed by atoms with Gasteiger partial charge in [-0.15, -0.1) is 5.10 Å². The minimum absolute atomic E-state index is 0.418. The van der Waals surface area contributed by atoms with Crippen molar-refractivity contribution < 1.29 is 0 Å². The lowest BCUT2D eigenvalue weighted by molar-refractivity contribution is 0.772. The number of aryl methyl sites for hydroxylation is 1. The minimum atomic E-state index is -0.803. The van der Waals surface area contributed by atoms with Crippen LogP contribution in [0.15, 0.2) is 0 Å². The van der Waals surface area contributed by atoms with Crippen LogP contribution in [-0.2, 0) is 0 Å². The molecule has 0 bridgehead atoms. The standard InChI is InChI=1S/C9H19N3S/c1-7(2)9-10-8(3)12(11-9)13(4,5)6/h7H,1-6H3. The highest BCUT2D eigenvalue weighted by molar-refractivity contribution is 8.30. The lowest BCUT2D eigenvalue weighted by Crippen LogP contribution is -2.09. The van der Waals surface area contributed by atoms with Gasteiger partial charge in [-0.05, 0) is 25.7 Å². The third-order valence-electron chi connectivity index (χ3n) is 1.78. The second-order valence-electron chi connectivity index (χ2n) is 4.32. The van der Waals surface area contributed by atoms with E-state index in [2.05, 4.69) is 46.8 Å². The van der Waals surface area contributed by atoms with Crippen LogP contribution in [-0.4, -0.2) is 32.9 Å². The molecule has 0 spiro atoms. The molecule has 0 unspecified atom stereocenters. The molecular formula is C9H19N3S. The maximum Gasteiger partial charge on any atom is 0.154 e. The van der Waals surface area contributed by atoms with Gasteiger partial charge in [-0.3, -0.25) is 0 Å². The van der Waals surface area contributed by atoms with Gasteiger partial charge in [0.25, 0.3) is 0 Å². The van der Waals surface area contributed by atoms with Crippen LogP contribution in [0.2, 0.25) is 0 Å². The molecule has 0 amide bonds. The van der Waals surface area contributed by atoms with Gasteiger partial charge in [0.2, 0.25) is 0 Å². The van der Waals surface area contributed by atoms with E-state index in [0.717, 1.165) is 11.6 Å². The molecule has 0 atom stereocenters. The highest BCUT2D eigenvalue weighted by Gasteiger charge is 2.15. The number of rotatable bonds is 2. The van der Waals surface area contributed by atoms with Crippen molar-refractivity contribution in [1.82, 2.24) is 14.2 Å². The van der Waals surface area contributed by atoms with Gasteiger partial charge in [0.1, 0.15) is 5.82 Å². The summed E-state index contributed by atoms with van der Waals surface area (Å²) in [6.45, 7) is 6.27. The molecule has 0 radical (unpaired) electrons. The van der Waals surface area contributed by atoms with Gasteiger partial charge in [0.05, 0.1) is 0 Å². The van der Waals surface area contributed by atoms with E-state index in [9.17, 15) is 0 Å². The van der Waals surface area contributed by atoms with Crippen LogP contribution in [0, 0.1) is 6.92 Å². The first kappa shape index (κ1) is 10.6. The summed E-state index contributed by atoms with van der Waals surface area (Å²) in [5.41, 5.74) is 0. The summed E-state index contributed by atoms with van der Waals surface area (Å²) in [7, 11) is -0.803. The van der Waals surface area contributed by atoms with Crippen molar-refractivity contribution in [2.45, 2.75) is 26.7 Å². The van der Waals surface area contributed by atoms with Crippen molar-refractivity contribution in [1.29, 1.82) is 0 Å². The minimum Gasteiger partial charge on any atom is -0.216 e. The van der Waals surface area contributed by atoms with Crippen LogP contribution in [0.1, 0.15) is 31.4 Å². The molecule has 13 heavy (non-hydrogen) atoms. The summed E-state index contributed by atoms with van der Waals surface area (Å²) < 4.78 is 2.07. The zero-order valence-electron chi connectivity index (χ0n) is 9.33. The Balaban J connectivity index is 3.11. The fourth-order valence-corrected chi connectivity index (χ4v) is 2.32. The van der Waals surface area contributed by atoms with E-state index >= 15 is 0 Å². The van der Waals surface area contributed by atoms with Crippen molar-refractivity contribution in [3.05, 3.63) is 11.6 Å². The van der Waals surface area contributed by atoms with Gasteiger partial charge in [0, 0.05) is 5.92 Å². The molecule has 0 saturated heterocycles. The summed E-state index contributed by atoms with van der Waals surface area (Å²) in [5, 5.41) is 4.52. The smallest absolute Gasteiger partial charge is 0.154 e. The normalized spacial score (nSPS) is 13.8. The van der Waals surface area contributed by atoms with Gasteiger partial charge in [0.15, 0.2) is 5.82 Å². The van der Waals surface area contributed by atoms with Crippen molar-refractivity contribution in [3.63, 3.8) is 0 Å². The third kappa shape index (κ3) is 2.24. The van der Waals surface area contributed by atoms with E-state index in [1.165, 1.54) is 0 Å². The Morgan fingerprint density at radius 3 is 2.00 bits per heavy atom. The second-order valence-corrected chi connectivity index (χ2v) is 8.21. The highest BCUT2D eigenvalue weighted by atomic mass is 32.3. The molecule has 76 valence electrons. The SMILES string of the molecule is Cc1nc(C(C)C)nn1S(C)(C)C. The largest absolute Gasteiger partial charge is 0.216 e. The second kappa shape index (κ2) is 3.33. The monoisotopic (exact) mass is 201 g/mol. The first-order valence-corrected chi connectivity index (χ1v) is 7.26. The summed E-state index contributed by atoms with van der Waals surface area (Å²) in [6, 6.07) is 0. The lowest BCUT2D eigenvalue weighted by atomic mass is 10.2. The predicted octanol–water partition coefficient (Wildman–Crippen LogP) is 2.17. The maximum absolute atomic E-state index is 4.52. The van der Waals surface area contributed by atoms with Gasteiger partial charge in [-0.2, -0.15) is 10.2 Å². The molecule has 0 N–H and O–H groups in total. The number of nitrogens with zero attached hydrogens (tertiary/aromatic N) is 3. The van der Waals surface area contributed by atoms with Crippen LogP contribution < -0.4 is 0 Å². The molecule has 0 aliphatic carbocycles. The molecule has 3 nitrogen and oxygen atoms in total. The average Bonchev–Trinajstić information content (AvgIpc) is 2.29. The highest BCUT2D eigenvalue weighted by Crippen LogP contribution is 2.36. The molecule has 0 fully saturated rings. The van der Waals surface area contributed by atoms with E-state index in [1.807, 2.05) is 6.92 Å². The summed E-state index contributed by atoms with van der Waals surface area (Å²) in [6.07, 6.45) is 6.66. The molecule has 1 aromatic rings. The molecule has 0 aliphatic rings. The van der Waals surface area contributed by atoms with E-state index < -0.39 is 10.2 Å². The molecule has 4 heteroatoms. The van der Waals surface area contributed by atoms with Crippen LogP contribution in [0.5, 0.6) is 0 Å². The van der Waals surface area contributed by atoms with E-state index in [-0.39, 0.29) is 0 Å². The summed E-state index contributed by atoms with van der Waals surface area (Å²) >= 11 is 0. The topological polar surface area (TPSA) is 30.7 Å². The Hall–Kier alpha value is -0.510. The van der Waals surface area contributed by atoms with E-state index in [0.29, 0.717) is 5.92 Å². The van der Waals surface area contributed by atoms with Gasteiger partial charge < -0.3 is 0 Å². The molecule has 0 saturated carbocycles. The fourth-order valence-electron chi connectivity index (χ4n) is 1.16. The zero-order chi connectivity index (χ0) is 10.2. The van der Waals surface area contributed by atoms with Crippen LogP contribution in [0.3, 0.4) is 0 Å². The fraction of sp³-hybridized carbons (Fsp3) is 0.778. The zero-order valence-corrected chi connectivity index (χ0v) is 10.1. The summed E-state index contributed by atoms with van der Waals surface area (Å²) in [4.78, 5) is 4.45. The molecule has 1 aromatic heterocycles. The predicted molar refractivity (Wildman–Crippen MR) is 59.6 cm³/mol.